The Balaban J connectivity index is 2.58. The summed E-state index contributed by atoms with van der Waals surface area (Å²) in [5.74, 6) is 2.09. The van der Waals surface area contributed by atoms with E-state index in [-0.39, 0.29) is 12.1 Å². The van der Waals surface area contributed by atoms with Crippen LogP contribution in [-0.4, -0.2) is 21.8 Å². The maximum absolute atomic E-state index is 11.6. The lowest BCUT2D eigenvalue weighted by Gasteiger charge is -2.13. The normalized spacial score (nSPS) is 14.5. The van der Waals surface area contributed by atoms with Gasteiger partial charge in [-0.15, -0.1) is 0 Å². The molecule has 2 unspecified atom stereocenters. The van der Waals surface area contributed by atoms with Crippen LogP contribution in [0.1, 0.15) is 38.8 Å². The molecular weight excluding hydrogens is 246 g/mol. The van der Waals surface area contributed by atoms with E-state index >= 15 is 0 Å². The molecule has 0 heterocycles. The summed E-state index contributed by atoms with van der Waals surface area (Å²) >= 11 is 0. The maximum atomic E-state index is 11.6. The Morgan fingerprint density at radius 2 is 1.89 bits per heavy atom. The van der Waals surface area contributed by atoms with Crippen LogP contribution < -0.4 is 10.5 Å². The third-order valence-corrected chi connectivity index (χ3v) is 4.07. The zero-order chi connectivity index (χ0) is 13.5. The lowest BCUT2D eigenvalue weighted by Crippen LogP contribution is -2.19. The standard InChI is InChI=1S/C14H23NO2S/c1-4-9-18(16)10-14(15)12-5-7-13(8-6-12)17-11(2)3/h5-8,11,14H,4,9-10,15H2,1-3H3. The van der Waals surface area contributed by atoms with Crippen molar-refractivity contribution in [2.24, 2.45) is 5.73 Å². The van der Waals surface area contributed by atoms with E-state index in [0.717, 1.165) is 23.5 Å². The van der Waals surface area contributed by atoms with Crippen molar-refractivity contribution in [3.63, 3.8) is 0 Å². The number of ether oxygens (including phenoxy) is 1. The monoisotopic (exact) mass is 269 g/mol. The Morgan fingerprint density at radius 1 is 1.28 bits per heavy atom. The molecule has 0 aliphatic heterocycles. The molecule has 0 aliphatic carbocycles. The molecule has 1 rings (SSSR count). The highest BCUT2D eigenvalue weighted by Crippen LogP contribution is 2.18. The zero-order valence-electron chi connectivity index (χ0n) is 11.4. The fourth-order valence-electron chi connectivity index (χ4n) is 1.67. The minimum Gasteiger partial charge on any atom is -0.491 e. The van der Waals surface area contributed by atoms with E-state index in [1.165, 1.54) is 0 Å². The predicted octanol–water partition coefficient (Wildman–Crippen LogP) is 2.63. The fourth-order valence-corrected chi connectivity index (χ4v) is 2.89. The third kappa shape index (κ3) is 5.19. The molecule has 102 valence electrons. The Labute approximate surface area is 112 Å². The van der Waals surface area contributed by atoms with Crippen molar-refractivity contribution in [1.82, 2.24) is 0 Å². The van der Waals surface area contributed by atoms with Crippen LogP contribution in [0, 0.1) is 0 Å². The molecule has 0 amide bonds. The molecule has 0 saturated carbocycles. The summed E-state index contributed by atoms with van der Waals surface area (Å²) in [6.07, 6.45) is 1.10. The highest BCUT2D eigenvalue weighted by Gasteiger charge is 2.10. The quantitative estimate of drug-likeness (QED) is 0.828. The number of hydrogen-bond acceptors (Lipinski definition) is 3. The van der Waals surface area contributed by atoms with Crippen molar-refractivity contribution in [2.75, 3.05) is 11.5 Å². The zero-order valence-corrected chi connectivity index (χ0v) is 12.2. The van der Waals surface area contributed by atoms with Gasteiger partial charge in [-0.05, 0) is 38.0 Å². The van der Waals surface area contributed by atoms with Crippen LogP contribution in [-0.2, 0) is 10.8 Å². The highest BCUT2D eigenvalue weighted by atomic mass is 32.2. The van der Waals surface area contributed by atoms with Gasteiger partial charge < -0.3 is 10.5 Å². The summed E-state index contributed by atoms with van der Waals surface area (Å²) in [6, 6.07) is 7.57. The molecule has 0 spiro atoms. The second kappa shape index (κ2) is 7.54. The van der Waals surface area contributed by atoms with E-state index < -0.39 is 10.8 Å². The van der Waals surface area contributed by atoms with E-state index in [1.807, 2.05) is 45.0 Å². The molecule has 0 aromatic heterocycles. The minimum atomic E-state index is -0.821. The summed E-state index contributed by atoms with van der Waals surface area (Å²) in [5.41, 5.74) is 7.05. The minimum absolute atomic E-state index is 0.162. The number of hydrogen-bond donors (Lipinski definition) is 1. The van der Waals surface area contributed by atoms with Crippen LogP contribution in [0.15, 0.2) is 24.3 Å². The van der Waals surface area contributed by atoms with Gasteiger partial charge in [0, 0.05) is 28.3 Å². The van der Waals surface area contributed by atoms with Gasteiger partial charge in [0.05, 0.1) is 6.10 Å². The maximum Gasteiger partial charge on any atom is 0.119 e. The second-order valence-corrected chi connectivity index (χ2v) is 6.27. The molecule has 4 heteroatoms. The average Bonchev–Trinajstić information content (AvgIpc) is 2.29. The Bertz CT molecular complexity index is 376. The molecular formula is C14H23NO2S. The number of nitrogens with two attached hydrogens (primary N) is 1. The van der Waals surface area contributed by atoms with Gasteiger partial charge in [-0.25, -0.2) is 0 Å². The van der Waals surface area contributed by atoms with E-state index in [2.05, 4.69) is 0 Å². The fraction of sp³-hybridized carbons (Fsp3) is 0.571. The molecule has 2 atom stereocenters. The van der Waals surface area contributed by atoms with Gasteiger partial charge in [-0.3, -0.25) is 4.21 Å². The molecule has 3 nitrogen and oxygen atoms in total. The third-order valence-electron chi connectivity index (χ3n) is 2.48. The first kappa shape index (κ1) is 15.2. The highest BCUT2D eigenvalue weighted by molar-refractivity contribution is 7.85. The van der Waals surface area contributed by atoms with Crippen molar-refractivity contribution in [3.05, 3.63) is 29.8 Å². The van der Waals surface area contributed by atoms with E-state index in [0.29, 0.717) is 5.75 Å². The summed E-state index contributed by atoms with van der Waals surface area (Å²) in [7, 11) is -0.821. The van der Waals surface area contributed by atoms with Gasteiger partial charge >= 0.3 is 0 Å². The van der Waals surface area contributed by atoms with E-state index in [4.69, 9.17) is 10.5 Å². The van der Waals surface area contributed by atoms with Crippen molar-refractivity contribution in [2.45, 2.75) is 39.3 Å². The molecule has 0 aliphatic rings. The second-order valence-electron chi connectivity index (χ2n) is 4.65. The van der Waals surface area contributed by atoms with Crippen LogP contribution >= 0.6 is 0 Å². The van der Waals surface area contributed by atoms with Crippen molar-refractivity contribution in [3.8, 4) is 5.75 Å². The molecule has 2 N–H and O–H groups in total. The van der Waals surface area contributed by atoms with Gasteiger partial charge in [-0.2, -0.15) is 0 Å². The summed E-state index contributed by atoms with van der Waals surface area (Å²) in [4.78, 5) is 0. The molecule has 18 heavy (non-hydrogen) atoms. The lowest BCUT2D eigenvalue weighted by molar-refractivity contribution is 0.242. The summed E-state index contributed by atoms with van der Waals surface area (Å²) in [5, 5.41) is 0. The molecule has 0 radical (unpaired) electrons. The van der Waals surface area contributed by atoms with Crippen molar-refractivity contribution < 1.29 is 8.95 Å². The predicted molar refractivity (Wildman–Crippen MR) is 77.3 cm³/mol. The SMILES string of the molecule is CCCS(=O)CC(N)c1ccc(OC(C)C)cc1. The van der Waals surface area contributed by atoms with Crippen molar-refractivity contribution in [1.29, 1.82) is 0 Å². The number of benzene rings is 1. The van der Waals surface area contributed by atoms with Crippen LogP contribution in [0.5, 0.6) is 5.75 Å². The summed E-state index contributed by atoms with van der Waals surface area (Å²) < 4.78 is 17.2. The van der Waals surface area contributed by atoms with Crippen LogP contribution in [0.3, 0.4) is 0 Å². The van der Waals surface area contributed by atoms with Crippen LogP contribution in [0.4, 0.5) is 0 Å². The van der Waals surface area contributed by atoms with Gasteiger partial charge in [0.25, 0.3) is 0 Å². The molecule has 0 bridgehead atoms. The average molecular weight is 269 g/mol. The van der Waals surface area contributed by atoms with Gasteiger partial charge in [-0.1, -0.05) is 19.1 Å². The summed E-state index contributed by atoms with van der Waals surface area (Å²) in [6.45, 7) is 6.02. The first-order chi connectivity index (χ1) is 8.52. The largest absolute Gasteiger partial charge is 0.491 e. The first-order valence-electron chi connectivity index (χ1n) is 6.40. The number of rotatable bonds is 7. The molecule has 1 aromatic carbocycles. The lowest BCUT2D eigenvalue weighted by atomic mass is 10.1. The van der Waals surface area contributed by atoms with Gasteiger partial charge in [0.15, 0.2) is 0 Å². The van der Waals surface area contributed by atoms with E-state index in [1.54, 1.807) is 0 Å². The Hall–Kier alpha value is -0.870. The van der Waals surface area contributed by atoms with Gasteiger partial charge in [0.2, 0.25) is 0 Å². The van der Waals surface area contributed by atoms with Gasteiger partial charge in [0.1, 0.15) is 5.75 Å². The van der Waals surface area contributed by atoms with Crippen molar-refractivity contribution >= 4 is 10.8 Å². The first-order valence-corrected chi connectivity index (χ1v) is 7.89. The Morgan fingerprint density at radius 3 is 2.39 bits per heavy atom. The van der Waals surface area contributed by atoms with Crippen LogP contribution in [0.25, 0.3) is 0 Å². The smallest absolute Gasteiger partial charge is 0.119 e. The molecule has 1 aromatic rings. The molecule has 0 saturated heterocycles. The topological polar surface area (TPSA) is 52.3 Å². The van der Waals surface area contributed by atoms with Crippen LogP contribution in [0.2, 0.25) is 0 Å². The van der Waals surface area contributed by atoms with E-state index in [9.17, 15) is 4.21 Å². The Kier molecular flexibility index (Phi) is 6.36. The molecule has 0 fully saturated rings.